The summed E-state index contributed by atoms with van der Waals surface area (Å²) in [5.74, 6) is -2.99. The van der Waals surface area contributed by atoms with Crippen molar-refractivity contribution in [1.82, 2.24) is 5.32 Å². The lowest BCUT2D eigenvalue weighted by atomic mass is 10.0. The van der Waals surface area contributed by atoms with E-state index < -0.39 is 17.5 Å². The Morgan fingerprint density at radius 2 is 1.88 bits per heavy atom. The molecule has 2 amide bonds. The van der Waals surface area contributed by atoms with Crippen molar-refractivity contribution >= 4 is 17.5 Å². The molecular formula is C18H16F2N2O2. The van der Waals surface area contributed by atoms with Crippen LogP contribution in [0.25, 0.3) is 0 Å². The number of amides is 2. The number of benzene rings is 2. The normalized spacial score (nSPS) is 15.7. The van der Waals surface area contributed by atoms with E-state index in [-0.39, 0.29) is 24.1 Å². The third kappa shape index (κ3) is 3.42. The molecular weight excluding hydrogens is 314 g/mol. The monoisotopic (exact) mass is 330 g/mol. The van der Waals surface area contributed by atoms with Crippen LogP contribution in [-0.4, -0.2) is 18.4 Å². The van der Waals surface area contributed by atoms with Gasteiger partial charge in [0.2, 0.25) is 11.8 Å². The zero-order valence-electron chi connectivity index (χ0n) is 12.8. The van der Waals surface area contributed by atoms with E-state index in [0.29, 0.717) is 0 Å². The Kier molecular flexibility index (Phi) is 4.55. The van der Waals surface area contributed by atoms with Gasteiger partial charge in [-0.2, -0.15) is 0 Å². The molecule has 0 saturated carbocycles. The molecule has 0 saturated heterocycles. The third-order valence-electron chi connectivity index (χ3n) is 4.08. The Hall–Kier alpha value is -2.76. The first-order valence-electron chi connectivity index (χ1n) is 7.65. The van der Waals surface area contributed by atoms with Crippen LogP contribution < -0.4 is 10.6 Å². The van der Waals surface area contributed by atoms with Crippen LogP contribution in [0.3, 0.4) is 0 Å². The molecule has 2 N–H and O–H groups in total. The average molecular weight is 330 g/mol. The summed E-state index contributed by atoms with van der Waals surface area (Å²) >= 11 is 0. The van der Waals surface area contributed by atoms with Gasteiger partial charge in [-0.05, 0) is 36.1 Å². The van der Waals surface area contributed by atoms with Gasteiger partial charge >= 0.3 is 0 Å². The van der Waals surface area contributed by atoms with Crippen molar-refractivity contribution < 1.29 is 18.4 Å². The molecule has 1 aliphatic rings. The zero-order chi connectivity index (χ0) is 17.1. The molecule has 24 heavy (non-hydrogen) atoms. The van der Waals surface area contributed by atoms with E-state index in [1.165, 1.54) is 6.07 Å². The van der Waals surface area contributed by atoms with Gasteiger partial charge in [0.1, 0.15) is 0 Å². The van der Waals surface area contributed by atoms with Gasteiger partial charge < -0.3 is 10.6 Å². The molecule has 124 valence electrons. The third-order valence-corrected chi connectivity index (χ3v) is 4.08. The van der Waals surface area contributed by atoms with Crippen molar-refractivity contribution in [3.63, 3.8) is 0 Å². The lowest BCUT2D eigenvalue weighted by molar-refractivity contribution is -0.125. The standard InChI is InChI=1S/C18H16F2N2O2/c19-15-8-6-12(9-16(15)20)22-17(23)10-21-18(24)14-7-5-11-3-1-2-4-13(11)14/h1-4,6,8-9,14H,5,7,10H2,(H,21,24)(H,22,23)/t14-/m1/s1. The highest BCUT2D eigenvalue weighted by Gasteiger charge is 2.28. The molecule has 0 aromatic heterocycles. The van der Waals surface area contributed by atoms with E-state index in [1.807, 2.05) is 24.3 Å². The van der Waals surface area contributed by atoms with Crippen LogP contribution in [0.5, 0.6) is 0 Å². The van der Waals surface area contributed by atoms with Gasteiger partial charge in [-0.1, -0.05) is 24.3 Å². The average Bonchev–Trinajstić information content (AvgIpc) is 3.00. The first-order chi connectivity index (χ1) is 11.5. The summed E-state index contributed by atoms with van der Waals surface area (Å²) in [6, 6.07) is 10.8. The van der Waals surface area contributed by atoms with E-state index in [4.69, 9.17) is 0 Å². The fourth-order valence-electron chi connectivity index (χ4n) is 2.90. The number of hydrogen-bond donors (Lipinski definition) is 2. The lowest BCUT2D eigenvalue weighted by Crippen LogP contribution is -2.35. The number of carbonyl (C=O) groups excluding carboxylic acids is 2. The highest BCUT2D eigenvalue weighted by atomic mass is 19.2. The van der Waals surface area contributed by atoms with E-state index in [1.54, 1.807) is 0 Å². The molecule has 0 fully saturated rings. The van der Waals surface area contributed by atoms with Crippen LogP contribution in [-0.2, 0) is 16.0 Å². The molecule has 0 spiro atoms. The van der Waals surface area contributed by atoms with Gasteiger partial charge in [0, 0.05) is 11.8 Å². The van der Waals surface area contributed by atoms with Crippen molar-refractivity contribution in [2.45, 2.75) is 18.8 Å². The van der Waals surface area contributed by atoms with Crippen molar-refractivity contribution in [1.29, 1.82) is 0 Å². The van der Waals surface area contributed by atoms with Crippen LogP contribution >= 0.6 is 0 Å². The van der Waals surface area contributed by atoms with Crippen molar-refractivity contribution in [3.05, 3.63) is 65.2 Å². The second-order valence-corrected chi connectivity index (χ2v) is 5.68. The SMILES string of the molecule is O=C(CNC(=O)[C@@H]1CCc2ccccc21)Nc1ccc(F)c(F)c1. The molecule has 0 aliphatic heterocycles. The summed E-state index contributed by atoms with van der Waals surface area (Å²) in [6.45, 7) is -0.226. The largest absolute Gasteiger partial charge is 0.346 e. The first kappa shape index (κ1) is 16.1. The summed E-state index contributed by atoms with van der Waals surface area (Å²) in [5.41, 5.74) is 2.29. The number of anilines is 1. The van der Waals surface area contributed by atoms with Crippen LogP contribution in [0.4, 0.5) is 14.5 Å². The predicted octanol–water partition coefficient (Wildman–Crippen LogP) is 2.75. The van der Waals surface area contributed by atoms with Gasteiger partial charge in [0.15, 0.2) is 11.6 Å². The second kappa shape index (κ2) is 6.78. The van der Waals surface area contributed by atoms with Gasteiger partial charge in [0.25, 0.3) is 0 Å². The summed E-state index contributed by atoms with van der Waals surface area (Å²) in [5, 5.41) is 5.01. The number of halogens is 2. The Morgan fingerprint density at radius 3 is 2.67 bits per heavy atom. The Labute approximate surface area is 137 Å². The molecule has 0 unspecified atom stereocenters. The molecule has 6 heteroatoms. The molecule has 1 aliphatic carbocycles. The number of fused-ring (bicyclic) bond motifs is 1. The lowest BCUT2D eigenvalue weighted by Gasteiger charge is -2.12. The van der Waals surface area contributed by atoms with Crippen LogP contribution in [0.2, 0.25) is 0 Å². The Morgan fingerprint density at radius 1 is 1.08 bits per heavy atom. The van der Waals surface area contributed by atoms with Crippen molar-refractivity contribution in [2.75, 3.05) is 11.9 Å². The molecule has 2 aromatic carbocycles. The number of rotatable bonds is 4. The quantitative estimate of drug-likeness (QED) is 0.906. The van der Waals surface area contributed by atoms with Crippen molar-refractivity contribution in [3.8, 4) is 0 Å². The minimum Gasteiger partial charge on any atom is -0.346 e. The number of hydrogen-bond acceptors (Lipinski definition) is 2. The van der Waals surface area contributed by atoms with Gasteiger partial charge in [-0.3, -0.25) is 9.59 Å². The molecule has 1 atom stereocenters. The highest BCUT2D eigenvalue weighted by molar-refractivity contribution is 5.95. The van der Waals surface area contributed by atoms with Crippen LogP contribution in [0.15, 0.2) is 42.5 Å². The summed E-state index contributed by atoms with van der Waals surface area (Å²) in [6.07, 6.45) is 1.56. The fraction of sp³-hybridized carbons (Fsp3) is 0.222. The van der Waals surface area contributed by atoms with Crippen LogP contribution in [0, 0.1) is 11.6 Å². The predicted molar refractivity (Wildman–Crippen MR) is 85.5 cm³/mol. The Balaban J connectivity index is 1.55. The van der Waals surface area contributed by atoms with E-state index in [0.717, 1.165) is 36.1 Å². The smallest absolute Gasteiger partial charge is 0.243 e. The first-order valence-corrected chi connectivity index (χ1v) is 7.65. The maximum absolute atomic E-state index is 13.1. The highest BCUT2D eigenvalue weighted by Crippen LogP contribution is 2.32. The van der Waals surface area contributed by atoms with Crippen molar-refractivity contribution in [2.24, 2.45) is 0 Å². The van der Waals surface area contributed by atoms with E-state index in [9.17, 15) is 18.4 Å². The molecule has 3 rings (SSSR count). The minimum absolute atomic E-state index is 0.138. The maximum Gasteiger partial charge on any atom is 0.243 e. The summed E-state index contributed by atoms with van der Waals surface area (Å²) < 4.78 is 25.9. The maximum atomic E-state index is 13.1. The molecule has 0 heterocycles. The Bertz CT molecular complexity index is 792. The zero-order valence-corrected chi connectivity index (χ0v) is 12.8. The number of aryl methyl sites for hydroxylation is 1. The topological polar surface area (TPSA) is 58.2 Å². The van der Waals surface area contributed by atoms with Crippen LogP contribution in [0.1, 0.15) is 23.5 Å². The molecule has 0 radical (unpaired) electrons. The minimum atomic E-state index is -1.04. The number of nitrogens with one attached hydrogen (secondary N) is 2. The summed E-state index contributed by atoms with van der Waals surface area (Å²) in [4.78, 5) is 24.1. The molecule has 0 bridgehead atoms. The van der Waals surface area contributed by atoms with Gasteiger partial charge in [-0.25, -0.2) is 8.78 Å². The molecule has 2 aromatic rings. The fourth-order valence-corrected chi connectivity index (χ4v) is 2.90. The van der Waals surface area contributed by atoms with E-state index >= 15 is 0 Å². The number of carbonyl (C=O) groups is 2. The van der Waals surface area contributed by atoms with Gasteiger partial charge in [0.05, 0.1) is 12.5 Å². The second-order valence-electron chi connectivity index (χ2n) is 5.68. The summed E-state index contributed by atoms with van der Waals surface area (Å²) in [7, 11) is 0. The van der Waals surface area contributed by atoms with Gasteiger partial charge in [-0.15, -0.1) is 0 Å². The van der Waals surface area contributed by atoms with E-state index in [2.05, 4.69) is 10.6 Å². The molecule has 4 nitrogen and oxygen atoms in total.